The van der Waals surface area contributed by atoms with Gasteiger partial charge in [0.05, 0.1) is 0 Å². The fraction of sp³-hybridized carbons (Fsp3) is 0.500. The van der Waals surface area contributed by atoms with Crippen LogP contribution in [0.5, 0.6) is 0 Å². The van der Waals surface area contributed by atoms with E-state index in [1.165, 1.54) is 0 Å². The quantitative estimate of drug-likeness (QED) is 0.524. The van der Waals surface area contributed by atoms with Crippen LogP contribution < -0.4 is 5.73 Å². The van der Waals surface area contributed by atoms with Gasteiger partial charge in [-0.05, 0) is 0 Å². The molecular weight excluding hydrogens is 151 g/mol. The number of alkyl halides is 3. The molecule has 0 saturated heterocycles. The van der Waals surface area contributed by atoms with Crippen LogP contribution in [0.4, 0.5) is 13.2 Å². The molecule has 0 saturated carbocycles. The van der Waals surface area contributed by atoms with E-state index >= 15 is 0 Å². The zero-order valence-electron chi connectivity index (χ0n) is 3.47. The monoisotopic (exact) mass is 153 g/mol. The van der Waals surface area contributed by atoms with Gasteiger partial charge in [-0.2, -0.15) is 13.2 Å². The molecule has 0 aromatic carbocycles. The summed E-state index contributed by atoms with van der Waals surface area (Å²) in [6, 6.07) is 0. The van der Waals surface area contributed by atoms with E-state index in [0.29, 0.717) is 0 Å². The third-order valence-corrected chi connectivity index (χ3v) is 0.279. The third kappa shape index (κ3) is 4.67. The molecule has 2 N–H and O–H groups in total. The van der Waals surface area contributed by atoms with Crippen molar-refractivity contribution >= 4 is 5.91 Å². The number of primary amides is 1. The predicted molar refractivity (Wildman–Crippen MR) is 15.2 cm³/mol. The fourth-order valence-electron chi connectivity index (χ4n) is 0. The molecule has 0 rings (SSSR count). The van der Waals surface area contributed by atoms with Gasteiger partial charge in [-0.1, -0.05) is 0 Å². The van der Waals surface area contributed by atoms with Crippen LogP contribution in [-0.4, -0.2) is 12.1 Å². The summed E-state index contributed by atoms with van der Waals surface area (Å²) in [6.45, 7) is 0. The Bertz CT molecular complexity index is 89.8. The second-order valence-electron chi connectivity index (χ2n) is 0.862. The summed E-state index contributed by atoms with van der Waals surface area (Å²) >= 11 is 0. The van der Waals surface area contributed by atoms with Crippen LogP contribution in [0.1, 0.15) is 0 Å². The Kier molecular flexibility index (Phi) is 5.00. The molecule has 6 heteroatoms. The van der Waals surface area contributed by atoms with Gasteiger partial charge in [0.1, 0.15) is 0 Å². The maximum Gasteiger partial charge on any atom is 0.470 e. The normalized spacial score (nSPS) is 9.88. The Labute approximate surface area is 73.2 Å². The zero-order chi connectivity index (χ0) is 6.08. The summed E-state index contributed by atoms with van der Waals surface area (Å²) in [4.78, 5) is 9.12. The van der Waals surface area contributed by atoms with Crippen LogP contribution in [0.3, 0.4) is 0 Å². The van der Waals surface area contributed by atoms with Gasteiger partial charge in [0.25, 0.3) is 0 Å². The topological polar surface area (TPSA) is 43.1 Å². The first-order chi connectivity index (χ1) is 2.94. The first kappa shape index (κ1) is 11.3. The Balaban J connectivity index is 0. The molecule has 0 aromatic rings. The molecule has 0 fully saturated rings. The first-order valence-corrected chi connectivity index (χ1v) is 1.31. The minimum absolute atomic E-state index is 0. The van der Waals surface area contributed by atoms with Gasteiger partial charge < -0.3 is 5.73 Å². The molecule has 0 bridgehead atoms. The van der Waals surface area contributed by atoms with Crippen LogP contribution in [0.25, 0.3) is 0 Å². The molecule has 0 aliphatic rings. The van der Waals surface area contributed by atoms with Crippen molar-refractivity contribution in [3.05, 3.63) is 0 Å². The zero-order valence-corrected chi connectivity index (χ0v) is 4.18. The maximum absolute atomic E-state index is 10.7. The summed E-state index contributed by atoms with van der Waals surface area (Å²) in [7, 11) is 0. The molecule has 0 aliphatic heterocycles. The van der Waals surface area contributed by atoms with Crippen molar-refractivity contribution in [3.8, 4) is 0 Å². The van der Waals surface area contributed by atoms with E-state index in [1.807, 2.05) is 0 Å². The van der Waals surface area contributed by atoms with E-state index in [2.05, 4.69) is 5.73 Å². The minimum Gasteiger partial charge on any atom is -0.362 e. The van der Waals surface area contributed by atoms with Crippen molar-refractivity contribution in [2.75, 3.05) is 0 Å². The average molecular weight is 153 g/mol. The van der Waals surface area contributed by atoms with E-state index in [1.54, 1.807) is 0 Å². The van der Waals surface area contributed by atoms with Gasteiger partial charge in [-0.3, -0.25) is 4.79 Å². The van der Waals surface area contributed by atoms with Crippen molar-refractivity contribution in [3.63, 3.8) is 0 Å². The molecule has 0 aliphatic carbocycles. The molecule has 50 valence electrons. The van der Waals surface area contributed by atoms with Gasteiger partial charge >= 0.3 is 12.1 Å². The maximum atomic E-state index is 10.7. The number of carbonyl (C=O) groups is 1. The second-order valence-corrected chi connectivity index (χ2v) is 0.862. The standard InChI is InChI=1S/C2H2F3NO.Ar/c3-2(4,5)1(6)7;/h(H2,6,7);. The largest absolute Gasteiger partial charge is 0.470 e. The Morgan fingerprint density at radius 1 is 1.38 bits per heavy atom. The van der Waals surface area contributed by atoms with Crippen molar-refractivity contribution < 1.29 is 55.7 Å². The molecule has 1 amide bonds. The van der Waals surface area contributed by atoms with Gasteiger partial charge in [-0.15, -0.1) is 0 Å². The molecule has 2 nitrogen and oxygen atoms in total. The third-order valence-electron chi connectivity index (χ3n) is 0.279. The van der Waals surface area contributed by atoms with Crippen molar-refractivity contribution in [2.24, 2.45) is 5.73 Å². The summed E-state index contributed by atoms with van der Waals surface area (Å²) in [5.74, 6) is -2.26. The second kappa shape index (κ2) is 3.53. The molecule has 0 radical (unpaired) electrons. The molecule has 0 spiro atoms. The Morgan fingerprint density at radius 2 is 1.50 bits per heavy atom. The summed E-state index contributed by atoms with van der Waals surface area (Å²) in [6.07, 6.45) is -4.86. The van der Waals surface area contributed by atoms with Crippen molar-refractivity contribution in [1.82, 2.24) is 0 Å². The van der Waals surface area contributed by atoms with Crippen LogP contribution in [0.15, 0.2) is 0 Å². The summed E-state index contributed by atoms with van der Waals surface area (Å²) < 4.78 is 32.1. The van der Waals surface area contributed by atoms with Gasteiger partial charge in [0, 0.05) is 37.7 Å². The summed E-state index contributed by atoms with van der Waals surface area (Å²) in [5, 5.41) is 0. The fourth-order valence-corrected chi connectivity index (χ4v) is 0. The first-order valence-electron chi connectivity index (χ1n) is 1.31. The molecule has 0 aromatic heterocycles. The number of carbonyl (C=O) groups excluding carboxylic acids is 1. The Morgan fingerprint density at radius 3 is 1.50 bits per heavy atom. The van der Waals surface area contributed by atoms with E-state index < -0.39 is 12.1 Å². The van der Waals surface area contributed by atoms with E-state index in [0.717, 1.165) is 0 Å². The van der Waals surface area contributed by atoms with Gasteiger partial charge in [-0.25, -0.2) is 0 Å². The van der Waals surface area contributed by atoms with Gasteiger partial charge in [0.2, 0.25) is 0 Å². The average Bonchev–Trinajstić information content (AvgIpc) is 1.31. The van der Waals surface area contributed by atoms with Crippen LogP contribution >= 0.6 is 0 Å². The van der Waals surface area contributed by atoms with Gasteiger partial charge in [0.15, 0.2) is 0 Å². The number of rotatable bonds is 0. The minimum atomic E-state index is -4.86. The molecule has 8 heavy (non-hydrogen) atoms. The molecule has 0 heterocycles. The van der Waals surface area contributed by atoms with Crippen LogP contribution in [0.2, 0.25) is 0 Å². The number of hydrogen-bond donors (Lipinski definition) is 1. The number of nitrogens with two attached hydrogens (primary N) is 1. The van der Waals surface area contributed by atoms with Crippen molar-refractivity contribution in [1.29, 1.82) is 0 Å². The molecule has 0 atom stereocenters. The number of amides is 1. The van der Waals surface area contributed by atoms with E-state index in [-0.39, 0.29) is 37.7 Å². The predicted octanol–water partition coefficient (Wildman–Crippen LogP) is 0.0340. The van der Waals surface area contributed by atoms with Crippen LogP contribution in [-0.2, 0) is 4.79 Å². The van der Waals surface area contributed by atoms with Crippen LogP contribution in [0, 0.1) is 37.7 Å². The van der Waals surface area contributed by atoms with E-state index in [9.17, 15) is 13.2 Å². The van der Waals surface area contributed by atoms with E-state index in [4.69, 9.17) is 4.79 Å². The number of halogens is 3. The van der Waals surface area contributed by atoms with Crippen molar-refractivity contribution in [2.45, 2.75) is 6.18 Å². The Hall–Kier alpha value is 0.520. The molecule has 0 unspecified atom stereocenters. The SMILES string of the molecule is NC(=O)C(F)(F)F.[Ar]. The smallest absolute Gasteiger partial charge is 0.362 e. The summed E-state index contributed by atoms with van der Waals surface area (Å²) in [5.41, 5.74) is 3.81. The molecular formula is C2H2ArF3NO. The number of hydrogen-bond acceptors (Lipinski definition) is 1.